The average Bonchev–Trinajstić information content (AvgIpc) is 3.30. The summed E-state index contributed by atoms with van der Waals surface area (Å²) in [6.45, 7) is 2.16. The topological polar surface area (TPSA) is 67.2 Å². The van der Waals surface area contributed by atoms with Gasteiger partial charge in [-0.25, -0.2) is 4.68 Å². The Labute approximate surface area is 151 Å². The maximum absolute atomic E-state index is 12.5. The van der Waals surface area contributed by atoms with E-state index in [4.69, 9.17) is 0 Å². The van der Waals surface area contributed by atoms with Crippen molar-refractivity contribution in [2.75, 3.05) is 11.9 Å². The van der Waals surface area contributed by atoms with E-state index >= 15 is 0 Å². The van der Waals surface area contributed by atoms with Gasteiger partial charge in [0.15, 0.2) is 0 Å². The summed E-state index contributed by atoms with van der Waals surface area (Å²) >= 11 is 0. The molecule has 0 aliphatic carbocycles. The van der Waals surface area contributed by atoms with Crippen LogP contribution in [0.15, 0.2) is 54.7 Å². The molecule has 1 N–H and O–H groups in total. The molecule has 1 fully saturated rings. The van der Waals surface area contributed by atoms with Crippen LogP contribution < -0.4 is 5.32 Å². The molecule has 0 radical (unpaired) electrons. The monoisotopic (exact) mass is 348 g/mol. The number of anilines is 1. The van der Waals surface area contributed by atoms with Gasteiger partial charge in [-0.15, -0.1) is 0 Å². The lowest BCUT2D eigenvalue weighted by Gasteiger charge is -2.22. The summed E-state index contributed by atoms with van der Waals surface area (Å²) in [6.07, 6.45) is 3.41. The van der Waals surface area contributed by atoms with Crippen LogP contribution in [0.25, 0.3) is 16.6 Å². The number of likely N-dealkylation sites (tertiary alicyclic amines) is 1. The highest BCUT2D eigenvalue weighted by atomic mass is 16.2. The smallest absolute Gasteiger partial charge is 0.247 e. The van der Waals surface area contributed by atoms with E-state index in [1.165, 1.54) is 6.92 Å². The van der Waals surface area contributed by atoms with Crippen molar-refractivity contribution in [2.24, 2.45) is 0 Å². The molecule has 0 saturated carbocycles. The van der Waals surface area contributed by atoms with Crippen LogP contribution in [0.5, 0.6) is 0 Å². The first kappa shape index (κ1) is 16.3. The number of nitrogens with zero attached hydrogens (tertiary/aromatic N) is 3. The second-order valence-corrected chi connectivity index (χ2v) is 6.52. The van der Waals surface area contributed by atoms with Crippen molar-refractivity contribution in [3.63, 3.8) is 0 Å². The second-order valence-electron chi connectivity index (χ2n) is 6.52. The Morgan fingerprint density at radius 3 is 2.65 bits per heavy atom. The maximum atomic E-state index is 12.5. The third-order valence-electron chi connectivity index (χ3n) is 4.82. The molecule has 1 unspecified atom stereocenters. The molecule has 6 nitrogen and oxygen atoms in total. The van der Waals surface area contributed by atoms with Gasteiger partial charge in [-0.3, -0.25) is 9.59 Å². The van der Waals surface area contributed by atoms with Crippen LogP contribution in [0.3, 0.4) is 0 Å². The highest BCUT2D eigenvalue weighted by molar-refractivity contribution is 5.97. The molecule has 0 spiro atoms. The van der Waals surface area contributed by atoms with Gasteiger partial charge in [-0.1, -0.05) is 18.2 Å². The molecular formula is C20H20N4O2. The van der Waals surface area contributed by atoms with Gasteiger partial charge in [0.05, 0.1) is 17.4 Å². The summed E-state index contributed by atoms with van der Waals surface area (Å²) in [5.74, 6) is -0.182. The molecule has 0 bridgehead atoms. The minimum Gasteiger partial charge on any atom is -0.331 e. The predicted octanol–water partition coefficient (Wildman–Crippen LogP) is 2.97. The normalized spacial score (nSPS) is 16.8. The number of aromatic nitrogens is 2. The van der Waals surface area contributed by atoms with Crippen molar-refractivity contribution in [3.8, 4) is 5.69 Å². The Balaban J connectivity index is 1.51. The van der Waals surface area contributed by atoms with Crippen LogP contribution in [0.2, 0.25) is 0 Å². The number of fused-ring (bicyclic) bond motifs is 1. The number of hydrogen-bond acceptors (Lipinski definition) is 3. The van der Waals surface area contributed by atoms with Gasteiger partial charge in [0.2, 0.25) is 11.8 Å². The zero-order valence-electron chi connectivity index (χ0n) is 14.6. The van der Waals surface area contributed by atoms with Gasteiger partial charge in [0, 0.05) is 24.5 Å². The lowest BCUT2D eigenvalue weighted by Crippen LogP contribution is -2.42. The van der Waals surface area contributed by atoms with Gasteiger partial charge in [0.25, 0.3) is 0 Å². The lowest BCUT2D eigenvalue weighted by atomic mass is 10.2. The molecule has 2 aromatic carbocycles. The first-order chi connectivity index (χ1) is 12.6. The van der Waals surface area contributed by atoms with Gasteiger partial charge >= 0.3 is 0 Å². The minimum atomic E-state index is -0.373. The van der Waals surface area contributed by atoms with Gasteiger partial charge in [-0.2, -0.15) is 5.10 Å². The summed E-state index contributed by atoms with van der Waals surface area (Å²) in [5.41, 5.74) is 2.67. The largest absolute Gasteiger partial charge is 0.331 e. The van der Waals surface area contributed by atoms with E-state index in [1.54, 1.807) is 4.90 Å². The number of nitrogens with one attached hydrogen (secondary N) is 1. The predicted molar refractivity (Wildman–Crippen MR) is 100 cm³/mol. The Kier molecular flexibility index (Phi) is 4.16. The van der Waals surface area contributed by atoms with Gasteiger partial charge in [0.1, 0.15) is 6.04 Å². The number of rotatable bonds is 3. The van der Waals surface area contributed by atoms with Crippen molar-refractivity contribution in [1.82, 2.24) is 14.7 Å². The summed E-state index contributed by atoms with van der Waals surface area (Å²) in [5, 5.41) is 8.43. The third-order valence-corrected chi connectivity index (χ3v) is 4.82. The van der Waals surface area contributed by atoms with Gasteiger partial charge < -0.3 is 10.2 Å². The molecule has 1 saturated heterocycles. The summed E-state index contributed by atoms with van der Waals surface area (Å²) < 4.78 is 1.87. The van der Waals surface area contributed by atoms with E-state index in [1.807, 2.05) is 59.4 Å². The van der Waals surface area contributed by atoms with Crippen LogP contribution in [0.1, 0.15) is 19.8 Å². The second kappa shape index (κ2) is 6.63. The molecule has 1 atom stereocenters. The molecule has 2 heterocycles. The molecule has 6 heteroatoms. The van der Waals surface area contributed by atoms with Crippen LogP contribution in [0, 0.1) is 0 Å². The lowest BCUT2D eigenvalue weighted by molar-refractivity contribution is -0.134. The SMILES string of the molecule is CC(=O)N1CCCC1C(=O)Nc1ccc(-n2ncc3ccccc32)cc1. The fourth-order valence-electron chi connectivity index (χ4n) is 3.51. The third kappa shape index (κ3) is 2.94. The summed E-state index contributed by atoms with van der Waals surface area (Å²) in [6, 6.07) is 15.2. The number of carbonyl (C=O) groups is 2. The fourth-order valence-corrected chi connectivity index (χ4v) is 3.51. The van der Waals surface area contributed by atoms with E-state index in [2.05, 4.69) is 10.4 Å². The number of para-hydroxylation sites is 1. The minimum absolute atomic E-state index is 0.0523. The molecule has 4 rings (SSSR count). The van der Waals surface area contributed by atoms with Crippen molar-refractivity contribution in [2.45, 2.75) is 25.8 Å². The van der Waals surface area contributed by atoms with Crippen molar-refractivity contribution in [1.29, 1.82) is 0 Å². The molecule has 3 aromatic rings. The van der Waals surface area contributed by atoms with Crippen LogP contribution in [0.4, 0.5) is 5.69 Å². The standard InChI is InChI=1S/C20H20N4O2/c1-14(25)23-12-4-7-19(23)20(26)22-16-8-10-17(11-9-16)24-18-6-3-2-5-15(18)13-21-24/h2-3,5-6,8-11,13,19H,4,7,12H2,1H3,(H,22,26). The zero-order valence-corrected chi connectivity index (χ0v) is 14.6. The maximum Gasteiger partial charge on any atom is 0.247 e. The van der Waals surface area contributed by atoms with E-state index in [0.29, 0.717) is 18.7 Å². The Hall–Kier alpha value is -3.15. The number of carbonyl (C=O) groups excluding carboxylic acids is 2. The fraction of sp³-hybridized carbons (Fsp3) is 0.250. The highest BCUT2D eigenvalue weighted by Crippen LogP contribution is 2.22. The molecule has 1 aliphatic heterocycles. The molecule has 1 aromatic heterocycles. The Bertz CT molecular complexity index is 961. The Morgan fingerprint density at radius 2 is 1.88 bits per heavy atom. The summed E-state index contributed by atoms with van der Waals surface area (Å²) in [7, 11) is 0. The van der Waals surface area contributed by atoms with Crippen molar-refractivity contribution < 1.29 is 9.59 Å². The van der Waals surface area contributed by atoms with E-state index in [0.717, 1.165) is 23.0 Å². The number of benzene rings is 2. The molecule has 26 heavy (non-hydrogen) atoms. The molecule has 132 valence electrons. The van der Waals surface area contributed by atoms with Crippen molar-refractivity contribution >= 4 is 28.4 Å². The van der Waals surface area contributed by atoms with Crippen LogP contribution in [-0.2, 0) is 9.59 Å². The molecule has 2 amide bonds. The highest BCUT2D eigenvalue weighted by Gasteiger charge is 2.32. The number of amides is 2. The van der Waals surface area contributed by atoms with Crippen LogP contribution in [-0.4, -0.2) is 39.1 Å². The first-order valence-corrected chi connectivity index (χ1v) is 8.75. The first-order valence-electron chi connectivity index (χ1n) is 8.75. The van der Waals surface area contributed by atoms with E-state index in [9.17, 15) is 9.59 Å². The molecule has 1 aliphatic rings. The zero-order chi connectivity index (χ0) is 18.1. The van der Waals surface area contributed by atoms with Crippen LogP contribution >= 0.6 is 0 Å². The number of hydrogen-bond donors (Lipinski definition) is 1. The van der Waals surface area contributed by atoms with E-state index in [-0.39, 0.29) is 17.9 Å². The quantitative estimate of drug-likeness (QED) is 0.791. The molecular weight excluding hydrogens is 328 g/mol. The summed E-state index contributed by atoms with van der Waals surface area (Å²) in [4.78, 5) is 25.8. The Morgan fingerprint density at radius 1 is 1.12 bits per heavy atom. The van der Waals surface area contributed by atoms with E-state index < -0.39 is 0 Å². The van der Waals surface area contributed by atoms with Crippen molar-refractivity contribution in [3.05, 3.63) is 54.7 Å². The average molecular weight is 348 g/mol. The van der Waals surface area contributed by atoms with Gasteiger partial charge in [-0.05, 0) is 43.2 Å².